The molecule has 1 aromatic heterocycles. The Hall–Kier alpha value is -2.05. The van der Waals surface area contributed by atoms with Gasteiger partial charge in [0.15, 0.2) is 0 Å². The normalized spacial score (nSPS) is 22.1. The van der Waals surface area contributed by atoms with E-state index in [-0.39, 0.29) is 0 Å². The zero-order valence-corrected chi connectivity index (χ0v) is 16.0. The van der Waals surface area contributed by atoms with Crippen LogP contribution in [0.3, 0.4) is 0 Å². The number of aromatic hydroxyl groups is 1. The van der Waals surface area contributed by atoms with Crippen molar-refractivity contribution in [3.8, 4) is 5.88 Å². The lowest BCUT2D eigenvalue weighted by atomic mass is 10.0. The number of rotatable bonds is 3. The molecule has 3 aliphatic rings. The molecular formula is C21H28N4O2. The van der Waals surface area contributed by atoms with E-state index in [0.29, 0.717) is 11.9 Å². The molecule has 5 rings (SSSR count). The summed E-state index contributed by atoms with van der Waals surface area (Å²) >= 11 is 0. The van der Waals surface area contributed by atoms with Gasteiger partial charge in [-0.25, -0.2) is 0 Å². The lowest BCUT2D eigenvalue weighted by molar-refractivity contribution is -0.0624. The Labute approximate surface area is 160 Å². The summed E-state index contributed by atoms with van der Waals surface area (Å²) in [6, 6.07) is 7.12. The second-order valence-corrected chi connectivity index (χ2v) is 7.96. The van der Waals surface area contributed by atoms with Gasteiger partial charge in [-0.2, -0.15) is 0 Å². The molecule has 0 amide bonds. The van der Waals surface area contributed by atoms with E-state index in [0.717, 1.165) is 74.5 Å². The SMILES string of the molecule is Cn1c(O)c(C2=NCCN(C3COC3)CC2)c2cc(N3CCCC3)ccc21. The van der Waals surface area contributed by atoms with Gasteiger partial charge in [-0.3, -0.25) is 9.89 Å². The van der Waals surface area contributed by atoms with Crippen LogP contribution in [0.25, 0.3) is 10.9 Å². The zero-order valence-electron chi connectivity index (χ0n) is 16.0. The summed E-state index contributed by atoms with van der Waals surface area (Å²) in [5.74, 6) is 0.336. The third-order valence-electron chi connectivity index (χ3n) is 6.37. The van der Waals surface area contributed by atoms with E-state index in [1.165, 1.54) is 18.5 Å². The van der Waals surface area contributed by atoms with E-state index in [1.807, 2.05) is 11.6 Å². The number of anilines is 1. The van der Waals surface area contributed by atoms with Crippen molar-refractivity contribution in [2.75, 3.05) is 50.8 Å². The van der Waals surface area contributed by atoms with Gasteiger partial charge in [0.2, 0.25) is 5.88 Å². The van der Waals surface area contributed by atoms with E-state index in [9.17, 15) is 5.11 Å². The monoisotopic (exact) mass is 368 g/mol. The van der Waals surface area contributed by atoms with E-state index < -0.39 is 0 Å². The van der Waals surface area contributed by atoms with Crippen molar-refractivity contribution in [3.63, 3.8) is 0 Å². The average Bonchev–Trinajstić information content (AvgIpc) is 3.17. The Kier molecular flexibility index (Phi) is 4.32. The van der Waals surface area contributed by atoms with Crippen LogP contribution in [0.2, 0.25) is 0 Å². The number of benzene rings is 1. The average molecular weight is 368 g/mol. The van der Waals surface area contributed by atoms with Crippen LogP contribution in [0, 0.1) is 0 Å². The quantitative estimate of drug-likeness (QED) is 0.904. The summed E-state index contributed by atoms with van der Waals surface area (Å²) in [6.07, 6.45) is 3.40. The Morgan fingerprint density at radius 1 is 1.11 bits per heavy atom. The van der Waals surface area contributed by atoms with Crippen molar-refractivity contribution in [1.29, 1.82) is 0 Å². The van der Waals surface area contributed by atoms with Crippen molar-refractivity contribution in [1.82, 2.24) is 9.47 Å². The number of hydrogen-bond donors (Lipinski definition) is 1. The van der Waals surface area contributed by atoms with Crippen molar-refractivity contribution in [2.45, 2.75) is 25.3 Å². The van der Waals surface area contributed by atoms with E-state index in [2.05, 4.69) is 28.0 Å². The molecule has 6 nitrogen and oxygen atoms in total. The summed E-state index contributed by atoms with van der Waals surface area (Å²) in [4.78, 5) is 9.81. The number of nitrogens with zero attached hydrogens (tertiary/aromatic N) is 4. The standard InChI is InChI=1S/C21H28N4O2/c1-23-19-5-4-15(24-8-2-3-9-24)12-17(19)20(21(23)26)18-6-10-25(11-7-22-18)16-13-27-14-16/h4-5,12,16,26H,2-3,6-11,13-14H2,1H3. The van der Waals surface area contributed by atoms with E-state index in [1.54, 1.807) is 0 Å². The predicted molar refractivity (Wildman–Crippen MR) is 108 cm³/mol. The van der Waals surface area contributed by atoms with E-state index >= 15 is 0 Å². The fourth-order valence-corrected chi connectivity index (χ4v) is 4.63. The van der Waals surface area contributed by atoms with Crippen molar-refractivity contribution >= 4 is 22.3 Å². The fraction of sp³-hybridized carbons (Fsp3) is 0.571. The molecule has 1 N–H and O–H groups in total. The molecule has 0 radical (unpaired) electrons. The lowest BCUT2D eigenvalue weighted by Gasteiger charge is -2.36. The largest absolute Gasteiger partial charge is 0.494 e. The number of aromatic nitrogens is 1. The Morgan fingerprint density at radius 3 is 2.67 bits per heavy atom. The summed E-state index contributed by atoms with van der Waals surface area (Å²) in [5.41, 5.74) is 4.30. The molecular weight excluding hydrogens is 340 g/mol. The summed E-state index contributed by atoms with van der Waals surface area (Å²) < 4.78 is 7.25. The highest BCUT2D eigenvalue weighted by Gasteiger charge is 2.28. The molecule has 0 atom stereocenters. The summed E-state index contributed by atoms with van der Waals surface area (Å²) in [6.45, 7) is 6.67. The van der Waals surface area contributed by atoms with E-state index in [4.69, 9.17) is 9.73 Å². The fourth-order valence-electron chi connectivity index (χ4n) is 4.63. The maximum atomic E-state index is 10.9. The van der Waals surface area contributed by atoms with Crippen LogP contribution >= 0.6 is 0 Å². The molecule has 2 saturated heterocycles. The first kappa shape index (κ1) is 17.1. The van der Waals surface area contributed by atoms with Gasteiger partial charge in [-0.1, -0.05) is 0 Å². The molecule has 1 aromatic carbocycles. The Morgan fingerprint density at radius 2 is 1.93 bits per heavy atom. The van der Waals surface area contributed by atoms with Crippen LogP contribution in [0.15, 0.2) is 23.2 Å². The van der Waals surface area contributed by atoms with Gasteiger partial charge < -0.3 is 19.3 Å². The van der Waals surface area contributed by atoms with Crippen LogP contribution in [-0.2, 0) is 11.8 Å². The first-order chi connectivity index (χ1) is 13.2. The Bertz CT molecular complexity index is 878. The van der Waals surface area contributed by atoms with Gasteiger partial charge in [0.05, 0.1) is 36.9 Å². The van der Waals surface area contributed by atoms with Crippen LogP contribution in [0.4, 0.5) is 5.69 Å². The molecule has 4 heterocycles. The topological polar surface area (TPSA) is 53.2 Å². The Balaban J connectivity index is 1.50. The number of aliphatic imine (C=N–C) groups is 1. The predicted octanol–water partition coefficient (Wildman–Crippen LogP) is 2.38. The lowest BCUT2D eigenvalue weighted by Crippen LogP contribution is -2.49. The second-order valence-electron chi connectivity index (χ2n) is 7.96. The maximum absolute atomic E-state index is 10.9. The molecule has 3 aliphatic heterocycles. The third-order valence-corrected chi connectivity index (χ3v) is 6.37. The molecule has 2 fully saturated rings. The number of ether oxygens (including phenoxy) is 1. The summed E-state index contributed by atoms with van der Waals surface area (Å²) in [7, 11) is 1.94. The van der Waals surface area contributed by atoms with Gasteiger partial charge in [0.1, 0.15) is 0 Å². The molecule has 27 heavy (non-hydrogen) atoms. The van der Waals surface area contributed by atoms with Crippen molar-refractivity contribution < 1.29 is 9.84 Å². The van der Waals surface area contributed by atoms with Crippen LogP contribution in [-0.4, -0.2) is 72.3 Å². The molecule has 144 valence electrons. The minimum atomic E-state index is 0.336. The second kappa shape index (κ2) is 6.84. The smallest absolute Gasteiger partial charge is 0.201 e. The van der Waals surface area contributed by atoms with Gasteiger partial charge in [0, 0.05) is 56.4 Å². The molecule has 0 unspecified atom stereocenters. The molecule has 0 aliphatic carbocycles. The molecule has 0 bridgehead atoms. The maximum Gasteiger partial charge on any atom is 0.201 e. The highest BCUT2D eigenvalue weighted by Crippen LogP contribution is 2.35. The van der Waals surface area contributed by atoms with Crippen LogP contribution in [0.5, 0.6) is 5.88 Å². The first-order valence-electron chi connectivity index (χ1n) is 10.1. The molecule has 2 aromatic rings. The van der Waals surface area contributed by atoms with Crippen molar-refractivity contribution in [3.05, 3.63) is 23.8 Å². The first-order valence-corrected chi connectivity index (χ1v) is 10.1. The number of aryl methyl sites for hydroxylation is 1. The van der Waals surface area contributed by atoms with Gasteiger partial charge in [0.25, 0.3) is 0 Å². The molecule has 6 heteroatoms. The van der Waals surface area contributed by atoms with Gasteiger partial charge in [-0.15, -0.1) is 0 Å². The summed E-state index contributed by atoms with van der Waals surface area (Å²) in [5, 5.41) is 12.0. The highest BCUT2D eigenvalue weighted by molar-refractivity contribution is 6.14. The van der Waals surface area contributed by atoms with Crippen molar-refractivity contribution in [2.24, 2.45) is 12.0 Å². The zero-order chi connectivity index (χ0) is 18.4. The number of fused-ring (bicyclic) bond motifs is 1. The minimum Gasteiger partial charge on any atom is -0.494 e. The van der Waals surface area contributed by atoms with Crippen LogP contribution in [0.1, 0.15) is 24.8 Å². The third kappa shape index (κ3) is 2.91. The minimum absolute atomic E-state index is 0.336. The van der Waals surface area contributed by atoms with Gasteiger partial charge >= 0.3 is 0 Å². The van der Waals surface area contributed by atoms with Crippen LogP contribution < -0.4 is 4.90 Å². The number of hydrogen-bond acceptors (Lipinski definition) is 5. The molecule has 0 spiro atoms. The highest BCUT2D eigenvalue weighted by atomic mass is 16.5. The van der Waals surface area contributed by atoms with Gasteiger partial charge in [-0.05, 0) is 31.0 Å². The molecule has 0 saturated carbocycles.